The summed E-state index contributed by atoms with van der Waals surface area (Å²) in [6.45, 7) is 6.16. The van der Waals surface area contributed by atoms with E-state index in [4.69, 9.17) is 4.74 Å². The molecule has 0 atom stereocenters. The zero-order chi connectivity index (χ0) is 10.1. The second kappa shape index (κ2) is 10.7. The van der Waals surface area contributed by atoms with Crippen LogP contribution in [0.15, 0.2) is 0 Å². The monoisotopic (exact) mass is 235 g/mol. The minimum absolute atomic E-state index is 0. The van der Waals surface area contributed by atoms with Crippen LogP contribution in [0.25, 0.3) is 0 Å². The highest BCUT2D eigenvalue weighted by Crippen LogP contribution is 2.22. The summed E-state index contributed by atoms with van der Waals surface area (Å²) in [4.78, 5) is 0. The van der Waals surface area contributed by atoms with Crippen molar-refractivity contribution in [2.75, 3.05) is 26.3 Å². The van der Waals surface area contributed by atoms with Gasteiger partial charge < -0.3 is 10.1 Å². The van der Waals surface area contributed by atoms with Crippen LogP contribution in [0.3, 0.4) is 0 Å². The van der Waals surface area contributed by atoms with E-state index in [1.165, 1.54) is 38.6 Å². The van der Waals surface area contributed by atoms with Gasteiger partial charge in [0.15, 0.2) is 0 Å². The first-order valence-corrected chi connectivity index (χ1v) is 6.22. The summed E-state index contributed by atoms with van der Waals surface area (Å²) in [6.07, 6.45) is 8.40. The summed E-state index contributed by atoms with van der Waals surface area (Å²) in [5.41, 5.74) is 0. The van der Waals surface area contributed by atoms with Crippen molar-refractivity contribution in [3.63, 3.8) is 0 Å². The van der Waals surface area contributed by atoms with E-state index < -0.39 is 0 Å². The van der Waals surface area contributed by atoms with Crippen molar-refractivity contribution >= 4 is 12.4 Å². The van der Waals surface area contributed by atoms with Gasteiger partial charge in [0.05, 0.1) is 0 Å². The van der Waals surface area contributed by atoms with Crippen LogP contribution in [0.1, 0.15) is 45.4 Å². The predicted octanol–water partition coefficient (Wildman–Crippen LogP) is 3.00. The molecule has 0 bridgehead atoms. The van der Waals surface area contributed by atoms with E-state index in [1.807, 2.05) is 0 Å². The Morgan fingerprint density at radius 3 is 2.60 bits per heavy atom. The van der Waals surface area contributed by atoms with Gasteiger partial charge in [-0.2, -0.15) is 0 Å². The Morgan fingerprint density at radius 1 is 1.20 bits per heavy atom. The topological polar surface area (TPSA) is 21.3 Å². The van der Waals surface area contributed by atoms with E-state index in [1.54, 1.807) is 0 Å². The zero-order valence-corrected chi connectivity index (χ0v) is 10.8. The molecule has 0 aromatic rings. The molecule has 1 aliphatic rings. The number of hydrogen-bond acceptors (Lipinski definition) is 2. The fourth-order valence-corrected chi connectivity index (χ4v) is 2.14. The zero-order valence-electron chi connectivity index (χ0n) is 9.96. The minimum Gasteiger partial charge on any atom is -0.382 e. The minimum atomic E-state index is 0. The number of nitrogens with one attached hydrogen (secondary N) is 1. The average Bonchev–Trinajstić information content (AvgIpc) is 2.25. The van der Waals surface area contributed by atoms with Crippen LogP contribution in [0.5, 0.6) is 0 Å². The Bertz CT molecular complexity index is 127. The molecular formula is C12H26ClNO. The maximum atomic E-state index is 5.29. The van der Waals surface area contributed by atoms with E-state index in [2.05, 4.69) is 12.2 Å². The first-order valence-electron chi connectivity index (χ1n) is 6.22. The lowest BCUT2D eigenvalue weighted by atomic mass is 9.89. The molecule has 2 nitrogen and oxygen atoms in total. The van der Waals surface area contributed by atoms with Gasteiger partial charge in [-0.15, -0.1) is 12.4 Å². The Balaban J connectivity index is 0.00000196. The third-order valence-corrected chi connectivity index (χ3v) is 3.00. The highest BCUT2D eigenvalue weighted by atomic mass is 35.5. The van der Waals surface area contributed by atoms with Crippen LogP contribution in [-0.4, -0.2) is 26.3 Å². The molecule has 1 fully saturated rings. The van der Waals surface area contributed by atoms with Crippen LogP contribution in [0.2, 0.25) is 0 Å². The molecule has 1 N–H and O–H groups in total. The van der Waals surface area contributed by atoms with E-state index in [0.717, 1.165) is 32.1 Å². The van der Waals surface area contributed by atoms with Crippen molar-refractivity contribution in [1.29, 1.82) is 0 Å². The number of rotatable bonds is 7. The molecule has 0 spiro atoms. The SMILES string of the molecule is CCOCCCNCC1CCCCC1.Cl. The van der Waals surface area contributed by atoms with Crippen molar-refractivity contribution in [2.24, 2.45) is 5.92 Å². The third-order valence-electron chi connectivity index (χ3n) is 3.00. The highest BCUT2D eigenvalue weighted by molar-refractivity contribution is 5.85. The fourth-order valence-electron chi connectivity index (χ4n) is 2.14. The van der Waals surface area contributed by atoms with Gasteiger partial charge in [0.1, 0.15) is 0 Å². The van der Waals surface area contributed by atoms with Gasteiger partial charge in [0, 0.05) is 13.2 Å². The van der Waals surface area contributed by atoms with Crippen LogP contribution < -0.4 is 5.32 Å². The largest absolute Gasteiger partial charge is 0.382 e. The van der Waals surface area contributed by atoms with Crippen molar-refractivity contribution in [3.05, 3.63) is 0 Å². The van der Waals surface area contributed by atoms with Crippen molar-refractivity contribution < 1.29 is 4.74 Å². The van der Waals surface area contributed by atoms with E-state index in [0.29, 0.717) is 0 Å². The second-order valence-electron chi connectivity index (χ2n) is 4.26. The van der Waals surface area contributed by atoms with Crippen LogP contribution >= 0.6 is 12.4 Å². The molecule has 0 unspecified atom stereocenters. The lowest BCUT2D eigenvalue weighted by molar-refractivity contribution is 0.144. The lowest BCUT2D eigenvalue weighted by Crippen LogP contribution is -2.25. The van der Waals surface area contributed by atoms with Crippen LogP contribution in [-0.2, 0) is 4.74 Å². The predicted molar refractivity (Wildman–Crippen MR) is 67.8 cm³/mol. The molecule has 0 radical (unpaired) electrons. The normalized spacial score (nSPS) is 17.4. The standard InChI is InChI=1S/C12H25NO.ClH/c1-2-14-10-6-9-13-11-12-7-4-3-5-8-12;/h12-13H,2-11H2,1H3;1H. The lowest BCUT2D eigenvalue weighted by Gasteiger charge is -2.21. The van der Waals surface area contributed by atoms with E-state index in [9.17, 15) is 0 Å². The van der Waals surface area contributed by atoms with E-state index in [-0.39, 0.29) is 12.4 Å². The number of halogens is 1. The first kappa shape index (κ1) is 15.2. The summed E-state index contributed by atoms with van der Waals surface area (Å²) < 4.78 is 5.29. The van der Waals surface area contributed by atoms with Crippen molar-refractivity contribution in [1.82, 2.24) is 5.32 Å². The van der Waals surface area contributed by atoms with Gasteiger partial charge in [0.2, 0.25) is 0 Å². The fraction of sp³-hybridized carbons (Fsp3) is 1.00. The van der Waals surface area contributed by atoms with Crippen molar-refractivity contribution in [2.45, 2.75) is 45.4 Å². The Kier molecular flexibility index (Phi) is 10.9. The number of hydrogen-bond donors (Lipinski definition) is 1. The first-order chi connectivity index (χ1) is 6.93. The van der Waals surface area contributed by atoms with Crippen molar-refractivity contribution in [3.8, 4) is 0 Å². The van der Waals surface area contributed by atoms with Gasteiger partial charge in [-0.3, -0.25) is 0 Å². The Labute approximate surface area is 101 Å². The second-order valence-corrected chi connectivity index (χ2v) is 4.26. The summed E-state index contributed by atoms with van der Waals surface area (Å²) in [7, 11) is 0. The maximum Gasteiger partial charge on any atom is 0.0477 e. The summed E-state index contributed by atoms with van der Waals surface area (Å²) >= 11 is 0. The third kappa shape index (κ3) is 8.06. The highest BCUT2D eigenvalue weighted by Gasteiger charge is 2.11. The van der Waals surface area contributed by atoms with Crippen LogP contribution in [0.4, 0.5) is 0 Å². The van der Waals surface area contributed by atoms with E-state index >= 15 is 0 Å². The number of ether oxygens (including phenoxy) is 1. The quantitative estimate of drug-likeness (QED) is 0.685. The average molecular weight is 236 g/mol. The molecule has 1 aliphatic carbocycles. The van der Waals surface area contributed by atoms with Crippen LogP contribution in [0, 0.1) is 5.92 Å². The van der Waals surface area contributed by atoms with Gasteiger partial charge >= 0.3 is 0 Å². The molecule has 15 heavy (non-hydrogen) atoms. The molecule has 0 aromatic heterocycles. The molecule has 0 aliphatic heterocycles. The smallest absolute Gasteiger partial charge is 0.0477 e. The summed E-state index contributed by atoms with van der Waals surface area (Å²) in [6, 6.07) is 0. The van der Waals surface area contributed by atoms with Gasteiger partial charge in [-0.05, 0) is 45.2 Å². The Morgan fingerprint density at radius 2 is 1.93 bits per heavy atom. The molecule has 0 aromatic carbocycles. The molecule has 0 heterocycles. The van der Waals surface area contributed by atoms with Gasteiger partial charge in [0.25, 0.3) is 0 Å². The summed E-state index contributed by atoms with van der Waals surface area (Å²) in [5, 5.41) is 3.53. The molecule has 0 amide bonds. The molecule has 0 saturated heterocycles. The Hall–Kier alpha value is 0.210. The molecular weight excluding hydrogens is 210 g/mol. The summed E-state index contributed by atoms with van der Waals surface area (Å²) in [5.74, 6) is 0.954. The van der Waals surface area contributed by atoms with Gasteiger partial charge in [-0.25, -0.2) is 0 Å². The molecule has 92 valence electrons. The maximum absolute atomic E-state index is 5.29. The molecule has 1 rings (SSSR count). The molecule has 3 heteroatoms. The van der Waals surface area contributed by atoms with Gasteiger partial charge in [-0.1, -0.05) is 19.3 Å². The molecule has 1 saturated carbocycles.